The van der Waals surface area contributed by atoms with Gasteiger partial charge in [-0.15, -0.1) is 0 Å². The first kappa shape index (κ1) is 13.9. The first-order valence-corrected chi connectivity index (χ1v) is 6.38. The van der Waals surface area contributed by atoms with Crippen LogP contribution in [-0.2, 0) is 0 Å². The second-order valence-corrected chi connectivity index (χ2v) is 4.32. The second kappa shape index (κ2) is 7.17. The van der Waals surface area contributed by atoms with E-state index in [4.69, 9.17) is 10.00 Å². The third-order valence-electron chi connectivity index (χ3n) is 2.75. The fourth-order valence-corrected chi connectivity index (χ4v) is 1.72. The maximum atomic E-state index is 9.86. The van der Waals surface area contributed by atoms with E-state index in [0.29, 0.717) is 17.9 Å². The number of hydrogen-bond donors (Lipinski definition) is 2. The molecule has 0 saturated carbocycles. The summed E-state index contributed by atoms with van der Waals surface area (Å²) in [5.41, 5.74) is 1.42. The monoisotopic (exact) mass is 268 g/mol. The number of hydrogen-bond acceptors (Lipinski definition) is 4. The Morgan fingerprint density at radius 2 is 1.80 bits per heavy atom. The molecule has 0 fully saturated rings. The van der Waals surface area contributed by atoms with Gasteiger partial charge in [-0.1, -0.05) is 30.3 Å². The molecule has 4 nitrogen and oxygen atoms in total. The lowest BCUT2D eigenvalue weighted by Crippen LogP contribution is -2.26. The lowest BCUT2D eigenvalue weighted by Gasteiger charge is -2.14. The van der Waals surface area contributed by atoms with Gasteiger partial charge in [-0.3, -0.25) is 0 Å². The predicted octanol–water partition coefficient (Wildman–Crippen LogP) is 2.41. The van der Waals surface area contributed by atoms with Gasteiger partial charge in [0, 0.05) is 12.2 Å². The van der Waals surface area contributed by atoms with Crippen LogP contribution in [-0.4, -0.2) is 24.4 Å². The van der Waals surface area contributed by atoms with Crippen molar-refractivity contribution in [3.8, 4) is 11.8 Å². The Balaban J connectivity index is 1.81. The maximum absolute atomic E-state index is 9.86. The third-order valence-corrected chi connectivity index (χ3v) is 2.75. The van der Waals surface area contributed by atoms with E-state index in [1.54, 1.807) is 24.3 Å². The van der Waals surface area contributed by atoms with Gasteiger partial charge in [0.05, 0.1) is 5.56 Å². The smallest absolute Gasteiger partial charge is 0.137 e. The summed E-state index contributed by atoms with van der Waals surface area (Å²) in [6, 6.07) is 18.7. The summed E-state index contributed by atoms with van der Waals surface area (Å²) in [6.45, 7) is 0.525. The van der Waals surface area contributed by atoms with Crippen molar-refractivity contribution in [1.29, 1.82) is 5.26 Å². The van der Waals surface area contributed by atoms with Crippen molar-refractivity contribution in [3.05, 3.63) is 60.2 Å². The van der Waals surface area contributed by atoms with Crippen LogP contribution in [0.2, 0.25) is 0 Å². The highest BCUT2D eigenvalue weighted by atomic mass is 16.5. The molecule has 2 aromatic rings. The minimum atomic E-state index is -0.651. The highest BCUT2D eigenvalue weighted by molar-refractivity contribution is 5.43. The zero-order valence-electron chi connectivity index (χ0n) is 11.0. The van der Waals surface area contributed by atoms with Crippen LogP contribution in [0.3, 0.4) is 0 Å². The molecular formula is C16H16N2O2. The third kappa shape index (κ3) is 4.01. The summed E-state index contributed by atoms with van der Waals surface area (Å²) in [4.78, 5) is 0. The van der Waals surface area contributed by atoms with Crippen LogP contribution in [0, 0.1) is 11.3 Å². The molecule has 0 aliphatic rings. The highest BCUT2D eigenvalue weighted by Crippen LogP contribution is 2.16. The van der Waals surface area contributed by atoms with Gasteiger partial charge in [-0.2, -0.15) is 5.26 Å². The normalized spacial score (nSPS) is 11.4. The molecule has 0 amide bonds. The van der Waals surface area contributed by atoms with Crippen molar-refractivity contribution >= 4 is 5.69 Å². The Morgan fingerprint density at radius 1 is 1.10 bits per heavy atom. The Bertz CT molecular complexity index is 579. The van der Waals surface area contributed by atoms with E-state index in [-0.39, 0.29) is 6.61 Å². The number of aliphatic hydroxyl groups excluding tert-OH is 1. The number of nitrogens with one attached hydrogen (secondary N) is 1. The first-order chi connectivity index (χ1) is 9.79. The van der Waals surface area contributed by atoms with Crippen molar-refractivity contribution in [2.45, 2.75) is 6.10 Å². The number of nitrogens with zero attached hydrogens (tertiary/aromatic N) is 1. The molecular weight excluding hydrogens is 252 g/mol. The first-order valence-electron chi connectivity index (χ1n) is 6.38. The van der Waals surface area contributed by atoms with Gasteiger partial charge < -0.3 is 15.2 Å². The molecule has 1 unspecified atom stereocenters. The van der Waals surface area contributed by atoms with Crippen LogP contribution in [0.1, 0.15) is 5.56 Å². The van der Waals surface area contributed by atoms with E-state index in [1.165, 1.54) is 0 Å². The van der Waals surface area contributed by atoms with Gasteiger partial charge in [-0.05, 0) is 24.3 Å². The van der Waals surface area contributed by atoms with Crippen LogP contribution in [0.15, 0.2) is 54.6 Å². The molecule has 1 atom stereocenters. The molecule has 0 heterocycles. The number of aliphatic hydroxyl groups is 1. The second-order valence-electron chi connectivity index (χ2n) is 4.32. The van der Waals surface area contributed by atoms with E-state index in [9.17, 15) is 5.11 Å². The standard InChI is InChI=1S/C16H16N2O2/c17-10-13-6-4-5-9-16(13)20-12-15(19)11-18-14-7-2-1-3-8-14/h1-9,15,18-19H,11-12H2. The van der Waals surface area contributed by atoms with E-state index in [1.807, 2.05) is 30.3 Å². The SMILES string of the molecule is N#Cc1ccccc1OCC(O)CNc1ccccc1. The molecule has 0 aliphatic heterocycles. The minimum Gasteiger partial charge on any atom is -0.489 e. The van der Waals surface area contributed by atoms with Crippen molar-refractivity contribution in [3.63, 3.8) is 0 Å². The molecule has 0 aromatic heterocycles. The lowest BCUT2D eigenvalue weighted by atomic mass is 10.2. The molecule has 0 spiro atoms. The topological polar surface area (TPSA) is 65.3 Å². The van der Waals surface area contributed by atoms with Crippen LogP contribution in [0.25, 0.3) is 0 Å². The number of anilines is 1. The molecule has 0 bridgehead atoms. The van der Waals surface area contributed by atoms with E-state index < -0.39 is 6.10 Å². The molecule has 0 radical (unpaired) electrons. The van der Waals surface area contributed by atoms with Gasteiger partial charge in [0.15, 0.2) is 0 Å². The molecule has 20 heavy (non-hydrogen) atoms. The lowest BCUT2D eigenvalue weighted by molar-refractivity contribution is 0.117. The fourth-order valence-electron chi connectivity index (χ4n) is 1.72. The number of ether oxygens (including phenoxy) is 1. The Hall–Kier alpha value is -2.51. The Labute approximate surface area is 118 Å². The van der Waals surface area contributed by atoms with E-state index in [2.05, 4.69) is 11.4 Å². The Kier molecular flexibility index (Phi) is 4.99. The van der Waals surface area contributed by atoms with Crippen LogP contribution in [0.4, 0.5) is 5.69 Å². The molecule has 0 saturated heterocycles. The Morgan fingerprint density at radius 3 is 2.55 bits per heavy atom. The van der Waals surface area contributed by atoms with E-state index >= 15 is 0 Å². The quantitative estimate of drug-likeness (QED) is 0.844. The fraction of sp³-hybridized carbons (Fsp3) is 0.188. The van der Waals surface area contributed by atoms with E-state index in [0.717, 1.165) is 5.69 Å². The number of rotatable bonds is 6. The van der Waals surface area contributed by atoms with Gasteiger partial charge in [0.2, 0.25) is 0 Å². The van der Waals surface area contributed by atoms with Crippen molar-refractivity contribution in [1.82, 2.24) is 0 Å². The van der Waals surface area contributed by atoms with Crippen LogP contribution < -0.4 is 10.1 Å². The molecule has 2 aromatic carbocycles. The summed E-state index contributed by atoms with van der Waals surface area (Å²) in [5.74, 6) is 0.494. The number of para-hydroxylation sites is 2. The molecule has 4 heteroatoms. The zero-order chi connectivity index (χ0) is 14.2. The van der Waals surface area contributed by atoms with Gasteiger partial charge in [0.25, 0.3) is 0 Å². The zero-order valence-corrected chi connectivity index (χ0v) is 11.0. The van der Waals surface area contributed by atoms with Crippen LogP contribution >= 0.6 is 0 Å². The summed E-state index contributed by atoms with van der Waals surface area (Å²) in [6.07, 6.45) is -0.651. The van der Waals surface area contributed by atoms with Gasteiger partial charge >= 0.3 is 0 Å². The van der Waals surface area contributed by atoms with Crippen molar-refractivity contribution < 1.29 is 9.84 Å². The van der Waals surface area contributed by atoms with Gasteiger partial charge in [-0.25, -0.2) is 0 Å². The minimum absolute atomic E-state index is 0.137. The summed E-state index contributed by atoms with van der Waals surface area (Å²) in [5, 5.41) is 21.9. The summed E-state index contributed by atoms with van der Waals surface area (Å²) < 4.78 is 5.47. The van der Waals surface area contributed by atoms with Crippen molar-refractivity contribution in [2.75, 3.05) is 18.5 Å². The average Bonchev–Trinajstić information content (AvgIpc) is 2.52. The molecule has 0 aliphatic carbocycles. The maximum Gasteiger partial charge on any atom is 0.137 e. The van der Waals surface area contributed by atoms with Crippen molar-refractivity contribution in [2.24, 2.45) is 0 Å². The number of benzene rings is 2. The largest absolute Gasteiger partial charge is 0.489 e. The molecule has 2 N–H and O–H groups in total. The molecule has 102 valence electrons. The highest BCUT2D eigenvalue weighted by Gasteiger charge is 2.07. The summed E-state index contributed by atoms with van der Waals surface area (Å²) in [7, 11) is 0. The number of nitriles is 1. The average molecular weight is 268 g/mol. The van der Waals surface area contributed by atoms with Gasteiger partial charge in [0.1, 0.15) is 24.5 Å². The predicted molar refractivity (Wildman–Crippen MR) is 77.6 cm³/mol. The molecule has 2 rings (SSSR count). The van der Waals surface area contributed by atoms with Crippen LogP contribution in [0.5, 0.6) is 5.75 Å². The summed E-state index contributed by atoms with van der Waals surface area (Å²) >= 11 is 0.